The number of sulfonamides is 1. The van der Waals surface area contributed by atoms with Crippen molar-refractivity contribution in [2.75, 3.05) is 14.1 Å². The second-order valence-corrected chi connectivity index (χ2v) is 17.3. The van der Waals surface area contributed by atoms with Crippen LogP contribution in [0.1, 0.15) is 76.3 Å². The molecule has 1 aliphatic rings. The molecule has 2 aromatic rings. The van der Waals surface area contributed by atoms with Crippen molar-refractivity contribution >= 4 is 19.3 Å². The fourth-order valence-corrected chi connectivity index (χ4v) is 11.5. The number of hydrogen-bond acceptors (Lipinski definition) is 4. The summed E-state index contributed by atoms with van der Waals surface area (Å²) in [6.07, 6.45) is 0.996. The summed E-state index contributed by atoms with van der Waals surface area (Å²) < 4.78 is 37.2. The van der Waals surface area contributed by atoms with Gasteiger partial charge in [0.1, 0.15) is 0 Å². The van der Waals surface area contributed by atoms with Crippen molar-refractivity contribution in [3.63, 3.8) is 0 Å². The molecule has 2 aromatic carbocycles. The van der Waals surface area contributed by atoms with Crippen LogP contribution in [0, 0.1) is 26.2 Å². The van der Waals surface area contributed by atoms with Gasteiger partial charge in [0.05, 0.1) is 0 Å². The molecule has 0 bridgehead atoms. The third-order valence-electron chi connectivity index (χ3n) is 6.88. The normalized spacial score (nSPS) is 20.2. The van der Waals surface area contributed by atoms with Crippen molar-refractivity contribution in [1.29, 1.82) is 0 Å². The molecule has 5 nitrogen and oxygen atoms in total. The maximum absolute atomic E-state index is 13.1. The summed E-state index contributed by atoms with van der Waals surface area (Å²) in [5, 5.41) is 4.82. The van der Waals surface area contributed by atoms with Crippen LogP contribution in [0.25, 0.3) is 0 Å². The van der Waals surface area contributed by atoms with E-state index in [1.807, 2.05) is 26.0 Å². The summed E-state index contributed by atoms with van der Waals surface area (Å²) in [4.78, 5) is 0.288. The topological polar surface area (TPSA) is 49.9 Å². The second kappa shape index (κ2) is 10.1. The Labute approximate surface area is 224 Å². The van der Waals surface area contributed by atoms with Crippen LogP contribution in [-0.4, -0.2) is 47.2 Å². The van der Waals surface area contributed by atoms with E-state index in [0.717, 1.165) is 16.3 Å². The summed E-state index contributed by atoms with van der Waals surface area (Å²) in [6.45, 7) is 19.9. The van der Waals surface area contributed by atoms with E-state index >= 15 is 0 Å². The van der Waals surface area contributed by atoms with Gasteiger partial charge in [-0.3, -0.25) is 0 Å². The van der Waals surface area contributed by atoms with E-state index in [0.29, 0.717) is 0 Å². The van der Waals surface area contributed by atoms with Crippen LogP contribution in [0.15, 0.2) is 35.2 Å². The van der Waals surface area contributed by atoms with Gasteiger partial charge in [-0.05, 0) is 0 Å². The Kier molecular flexibility index (Phi) is 8.15. The second-order valence-electron chi connectivity index (χ2n) is 11.8. The van der Waals surface area contributed by atoms with Crippen LogP contribution in [0.3, 0.4) is 0 Å². The minimum atomic E-state index is -3.58. The van der Waals surface area contributed by atoms with Gasteiger partial charge >= 0.3 is 225 Å². The van der Waals surface area contributed by atoms with E-state index in [1.54, 1.807) is 20.2 Å². The average molecular weight is 602 g/mol. The van der Waals surface area contributed by atoms with Gasteiger partial charge in [-0.25, -0.2) is 0 Å². The van der Waals surface area contributed by atoms with Crippen LogP contribution >= 0.6 is 0 Å². The molecule has 0 aliphatic carbocycles. The Morgan fingerprint density at radius 3 is 2.11 bits per heavy atom. The average Bonchev–Trinajstić information content (AvgIpc) is 2.89. The maximum atomic E-state index is 13.1. The van der Waals surface area contributed by atoms with Gasteiger partial charge in [0.2, 0.25) is 0 Å². The number of hydrogen-bond donors (Lipinski definition) is 0. The van der Waals surface area contributed by atoms with E-state index in [2.05, 4.69) is 64.2 Å². The van der Waals surface area contributed by atoms with E-state index in [-0.39, 0.29) is 28.0 Å². The Balaban J connectivity index is 2.28. The Bertz CT molecular complexity index is 1260. The Morgan fingerprint density at radius 1 is 1.06 bits per heavy atom. The SMILES string of the molecule is [CH2]=[Ru]([c]1cc(S(=O)(=O)N(C)C)ccc1OC(C)C)[N]1C(c2c(C)cc(C)cc2C)C(C)(C)CC1(C)C. The van der Waals surface area contributed by atoms with Gasteiger partial charge in [0.25, 0.3) is 0 Å². The quantitative estimate of drug-likeness (QED) is 0.394. The minimum absolute atomic E-state index is 0.0186. The zero-order valence-electron chi connectivity index (χ0n) is 23.8. The summed E-state index contributed by atoms with van der Waals surface area (Å²) in [7, 11) is -0.448. The van der Waals surface area contributed by atoms with Crippen molar-refractivity contribution < 1.29 is 28.9 Å². The van der Waals surface area contributed by atoms with Crippen LogP contribution in [0.4, 0.5) is 0 Å². The number of aryl methyl sites for hydroxylation is 3. The summed E-state index contributed by atoms with van der Waals surface area (Å²) in [5.41, 5.74) is 5.17. The van der Waals surface area contributed by atoms with E-state index < -0.39 is 25.8 Å². The third-order valence-corrected chi connectivity index (χ3v) is 13.0. The molecule has 0 radical (unpaired) electrons. The predicted molar refractivity (Wildman–Crippen MR) is 148 cm³/mol. The van der Waals surface area contributed by atoms with E-state index in [4.69, 9.17) is 9.85 Å². The van der Waals surface area contributed by atoms with E-state index in [1.165, 1.54) is 26.6 Å². The van der Waals surface area contributed by atoms with Crippen LogP contribution in [0.2, 0.25) is 0 Å². The molecule has 0 saturated carbocycles. The molecule has 0 spiro atoms. The molecule has 1 heterocycles. The van der Waals surface area contributed by atoms with Crippen LogP contribution < -0.4 is 8.89 Å². The standard InChI is InChI=1S/C17H26N.C11H16NO3S.CH2.Ru/c1-11-8-12(2)14(13(3)9-11)15-16(4,5)10-17(6,7)18-15;1-9(2)15-10-5-7-11(8-6-10)16(13,14)12(3)4;;/h8-9,15H,10H2,1-7H3;5,7-9H,1-4H3;1H2;/q-1;;;+1. The molecule has 1 aliphatic heterocycles. The molecule has 1 fully saturated rings. The first kappa shape index (κ1) is 29.2. The van der Waals surface area contributed by atoms with Crippen molar-refractivity contribution in [2.45, 2.75) is 91.3 Å². The molecule has 1 unspecified atom stereocenters. The molecule has 7 heteroatoms. The number of benzene rings is 2. The first-order chi connectivity index (χ1) is 16.4. The molecule has 3 rings (SSSR count). The van der Waals surface area contributed by atoms with Gasteiger partial charge in [-0.1, -0.05) is 0 Å². The van der Waals surface area contributed by atoms with Gasteiger partial charge in [-0.2, -0.15) is 0 Å². The summed E-state index contributed by atoms with van der Waals surface area (Å²) in [6, 6.07) is 10.0. The molecular weight excluding hydrogens is 557 g/mol. The van der Waals surface area contributed by atoms with Crippen molar-refractivity contribution in [3.8, 4) is 5.75 Å². The van der Waals surface area contributed by atoms with E-state index in [9.17, 15) is 8.42 Å². The first-order valence-corrected chi connectivity index (χ1v) is 16.8. The molecule has 0 amide bonds. The molecular formula is C29H44N2O3RuS. The number of rotatable bonds is 7. The first-order valence-electron chi connectivity index (χ1n) is 12.5. The van der Waals surface area contributed by atoms with Crippen molar-refractivity contribution in [3.05, 3.63) is 52.6 Å². The molecule has 0 N–H and O–H groups in total. The summed E-state index contributed by atoms with van der Waals surface area (Å²) >= 11 is -2.21. The Hall–Kier alpha value is -1.40. The number of nitrogens with zero attached hydrogens (tertiary/aromatic N) is 2. The van der Waals surface area contributed by atoms with Gasteiger partial charge in [-0.15, -0.1) is 0 Å². The van der Waals surface area contributed by atoms with Gasteiger partial charge < -0.3 is 0 Å². The van der Waals surface area contributed by atoms with Crippen LogP contribution in [-0.2, 0) is 25.8 Å². The van der Waals surface area contributed by atoms with Crippen molar-refractivity contribution in [2.24, 2.45) is 5.41 Å². The molecule has 36 heavy (non-hydrogen) atoms. The molecule has 1 saturated heterocycles. The molecule has 1 atom stereocenters. The van der Waals surface area contributed by atoms with Crippen molar-refractivity contribution in [1.82, 2.24) is 7.95 Å². The zero-order chi connectivity index (χ0) is 27.4. The number of ether oxygens (including phenoxy) is 1. The molecule has 0 aromatic heterocycles. The fraction of sp³-hybridized carbons (Fsp3) is 0.552. The van der Waals surface area contributed by atoms with Gasteiger partial charge in [0.15, 0.2) is 0 Å². The van der Waals surface area contributed by atoms with Crippen LogP contribution in [0.5, 0.6) is 5.75 Å². The molecule has 202 valence electrons. The fourth-order valence-electron chi connectivity index (χ4n) is 5.87. The monoisotopic (exact) mass is 602 g/mol. The predicted octanol–water partition coefficient (Wildman–Crippen LogP) is 5.49. The van der Waals surface area contributed by atoms with Gasteiger partial charge in [0, 0.05) is 0 Å². The summed E-state index contributed by atoms with van der Waals surface area (Å²) in [5.74, 6) is 0.744. The third kappa shape index (κ3) is 5.41. The Morgan fingerprint density at radius 2 is 1.61 bits per heavy atom. The zero-order valence-corrected chi connectivity index (χ0v) is 26.4.